The topological polar surface area (TPSA) is 132 Å². The fraction of sp³-hybridized carbons (Fsp3) is 0.857. The lowest BCUT2D eigenvalue weighted by atomic mass is 10.3. The zero-order valence-electron chi connectivity index (χ0n) is 18.9. The van der Waals surface area contributed by atoms with Crippen LogP contribution in [0.1, 0.15) is 25.7 Å². The summed E-state index contributed by atoms with van der Waals surface area (Å²) in [7, 11) is 0. The van der Waals surface area contributed by atoms with Gasteiger partial charge in [-0.25, -0.2) is 0 Å². The second-order valence-corrected chi connectivity index (χ2v) is 8.13. The minimum atomic E-state index is -0.623. The van der Waals surface area contributed by atoms with Gasteiger partial charge in [0.15, 0.2) is 0 Å². The van der Waals surface area contributed by atoms with E-state index in [1.54, 1.807) is 11.8 Å². The van der Waals surface area contributed by atoms with Crippen molar-refractivity contribution in [3.63, 3.8) is 0 Å². The van der Waals surface area contributed by atoms with E-state index in [1.807, 2.05) is 0 Å². The molecule has 0 radical (unpaired) electrons. The van der Waals surface area contributed by atoms with Crippen LogP contribution in [-0.2, 0) is 33.3 Å². The summed E-state index contributed by atoms with van der Waals surface area (Å²) in [5.41, 5.74) is 0. The SMILES string of the molecule is O=CCCNC[C@@H](CC=O)SCCC(O)NCCOCCOCCOCCOCCC=O. The van der Waals surface area contributed by atoms with E-state index in [4.69, 9.17) is 18.9 Å². The van der Waals surface area contributed by atoms with E-state index in [1.165, 1.54) is 0 Å². The summed E-state index contributed by atoms with van der Waals surface area (Å²) in [4.78, 5) is 31.2. The number of aldehydes is 3. The Kier molecular flexibility index (Phi) is 25.6. The lowest BCUT2D eigenvalue weighted by molar-refractivity contribution is -0.109. The van der Waals surface area contributed by atoms with E-state index >= 15 is 0 Å². The number of aliphatic hydroxyl groups excluding tert-OH is 1. The van der Waals surface area contributed by atoms with Gasteiger partial charge < -0.3 is 43.8 Å². The molecular weight excluding hydrogens is 440 g/mol. The van der Waals surface area contributed by atoms with Crippen molar-refractivity contribution in [1.82, 2.24) is 10.6 Å². The Labute approximate surface area is 195 Å². The number of hydrogen-bond donors (Lipinski definition) is 3. The summed E-state index contributed by atoms with van der Waals surface area (Å²) in [5.74, 6) is 0.726. The van der Waals surface area contributed by atoms with Crippen molar-refractivity contribution in [1.29, 1.82) is 0 Å². The van der Waals surface area contributed by atoms with Crippen molar-refractivity contribution in [2.75, 3.05) is 78.2 Å². The number of carbonyl (C=O) groups excluding carboxylic acids is 3. The standard InChI is InChI=1S/C21H40N2O8S/c24-7-1-5-22-19-20(3-9-26)32-18-4-21(27)23-6-11-29-13-15-31-17-16-30-14-12-28-10-2-8-25/h7-9,20-23,27H,1-6,10-19H2/t20-,21?/m1/s1. The highest BCUT2D eigenvalue weighted by Crippen LogP contribution is 2.14. The first-order chi connectivity index (χ1) is 15.7. The Balaban J connectivity index is 3.41. The number of nitrogens with one attached hydrogen (secondary N) is 2. The van der Waals surface area contributed by atoms with Gasteiger partial charge >= 0.3 is 0 Å². The predicted molar refractivity (Wildman–Crippen MR) is 123 cm³/mol. The molecule has 2 atom stereocenters. The summed E-state index contributed by atoms with van der Waals surface area (Å²) in [6, 6.07) is 0. The van der Waals surface area contributed by atoms with Crippen LogP contribution < -0.4 is 10.6 Å². The van der Waals surface area contributed by atoms with Gasteiger partial charge in [-0.2, -0.15) is 11.8 Å². The van der Waals surface area contributed by atoms with Gasteiger partial charge in [0.1, 0.15) is 25.1 Å². The Morgan fingerprint density at radius 1 is 0.750 bits per heavy atom. The van der Waals surface area contributed by atoms with Crippen LogP contribution in [0.25, 0.3) is 0 Å². The van der Waals surface area contributed by atoms with Crippen molar-refractivity contribution in [2.24, 2.45) is 0 Å². The van der Waals surface area contributed by atoms with Gasteiger partial charge in [-0.15, -0.1) is 0 Å². The lowest BCUT2D eigenvalue weighted by Crippen LogP contribution is -2.33. The van der Waals surface area contributed by atoms with Gasteiger partial charge in [0.25, 0.3) is 0 Å². The van der Waals surface area contributed by atoms with Crippen LogP contribution >= 0.6 is 11.8 Å². The fourth-order valence-electron chi connectivity index (χ4n) is 2.38. The van der Waals surface area contributed by atoms with Crippen molar-refractivity contribution < 1.29 is 38.4 Å². The molecular formula is C21H40N2O8S. The molecule has 0 saturated carbocycles. The molecule has 0 bridgehead atoms. The largest absolute Gasteiger partial charge is 0.379 e. The molecule has 0 aromatic rings. The highest BCUT2D eigenvalue weighted by atomic mass is 32.2. The summed E-state index contributed by atoms with van der Waals surface area (Å²) >= 11 is 1.64. The molecule has 188 valence electrons. The van der Waals surface area contributed by atoms with E-state index in [9.17, 15) is 19.5 Å². The van der Waals surface area contributed by atoms with Gasteiger partial charge in [0.2, 0.25) is 0 Å². The van der Waals surface area contributed by atoms with Crippen LogP contribution in [0.3, 0.4) is 0 Å². The zero-order valence-corrected chi connectivity index (χ0v) is 19.7. The van der Waals surface area contributed by atoms with E-state index in [0.717, 1.165) is 24.6 Å². The molecule has 0 spiro atoms. The van der Waals surface area contributed by atoms with Crippen LogP contribution in [0.15, 0.2) is 0 Å². The monoisotopic (exact) mass is 480 g/mol. The van der Waals surface area contributed by atoms with Gasteiger partial charge in [-0.05, 0) is 12.2 Å². The molecule has 0 heterocycles. The molecule has 3 N–H and O–H groups in total. The number of carbonyl (C=O) groups is 3. The van der Waals surface area contributed by atoms with E-state index < -0.39 is 6.23 Å². The Hall–Kier alpha value is -0.920. The number of hydrogen-bond acceptors (Lipinski definition) is 11. The zero-order chi connectivity index (χ0) is 23.5. The molecule has 0 aromatic carbocycles. The summed E-state index contributed by atoms with van der Waals surface area (Å²) < 4.78 is 21.3. The predicted octanol–water partition coefficient (Wildman–Crippen LogP) is -0.191. The third-order valence-corrected chi connectivity index (χ3v) is 5.34. The maximum Gasteiger partial charge on any atom is 0.122 e. The van der Waals surface area contributed by atoms with Gasteiger partial charge in [0.05, 0.1) is 52.9 Å². The van der Waals surface area contributed by atoms with Crippen molar-refractivity contribution >= 4 is 30.6 Å². The minimum Gasteiger partial charge on any atom is -0.379 e. The molecule has 0 amide bonds. The molecule has 1 unspecified atom stereocenters. The third-order valence-electron chi connectivity index (χ3n) is 4.04. The molecule has 0 aliphatic rings. The molecule has 32 heavy (non-hydrogen) atoms. The number of ether oxygens (including phenoxy) is 4. The third kappa shape index (κ3) is 23.7. The highest BCUT2D eigenvalue weighted by Gasteiger charge is 2.10. The smallest absolute Gasteiger partial charge is 0.122 e. The molecule has 0 saturated heterocycles. The second kappa shape index (κ2) is 26.3. The molecule has 0 aliphatic heterocycles. The number of rotatable bonds is 27. The van der Waals surface area contributed by atoms with Crippen LogP contribution in [0.5, 0.6) is 0 Å². The highest BCUT2D eigenvalue weighted by molar-refractivity contribution is 7.99. The van der Waals surface area contributed by atoms with Crippen molar-refractivity contribution in [3.8, 4) is 0 Å². The van der Waals surface area contributed by atoms with Crippen molar-refractivity contribution in [2.45, 2.75) is 37.2 Å². The average molecular weight is 481 g/mol. The quantitative estimate of drug-likeness (QED) is 0.0821. The van der Waals surface area contributed by atoms with Gasteiger partial charge in [0, 0.05) is 44.1 Å². The first-order valence-electron chi connectivity index (χ1n) is 11.1. The number of aliphatic hydroxyl groups is 1. The first-order valence-corrected chi connectivity index (χ1v) is 12.1. The number of thioether (sulfide) groups is 1. The minimum absolute atomic E-state index is 0.141. The normalized spacial score (nSPS) is 13.0. The molecule has 0 aliphatic carbocycles. The summed E-state index contributed by atoms with van der Waals surface area (Å²) in [6.45, 7) is 5.53. The van der Waals surface area contributed by atoms with Crippen LogP contribution in [0, 0.1) is 0 Å². The lowest BCUT2D eigenvalue weighted by Gasteiger charge is -2.17. The fourth-order valence-corrected chi connectivity index (χ4v) is 3.52. The first kappa shape index (κ1) is 31.1. The maximum atomic E-state index is 10.8. The van der Waals surface area contributed by atoms with E-state index in [2.05, 4.69) is 10.6 Å². The molecule has 0 aromatic heterocycles. The molecule has 0 fully saturated rings. The van der Waals surface area contributed by atoms with Crippen LogP contribution in [0.2, 0.25) is 0 Å². The molecule has 0 rings (SSSR count). The van der Waals surface area contributed by atoms with E-state index in [0.29, 0.717) is 98.2 Å². The van der Waals surface area contributed by atoms with E-state index in [-0.39, 0.29) is 5.25 Å². The van der Waals surface area contributed by atoms with Crippen LogP contribution in [-0.4, -0.2) is 114 Å². The van der Waals surface area contributed by atoms with Gasteiger partial charge in [-0.3, -0.25) is 5.32 Å². The Morgan fingerprint density at radius 3 is 1.94 bits per heavy atom. The Bertz CT molecular complexity index is 435. The average Bonchev–Trinajstić information content (AvgIpc) is 2.79. The Morgan fingerprint density at radius 2 is 1.34 bits per heavy atom. The summed E-state index contributed by atoms with van der Waals surface area (Å²) in [5, 5.41) is 16.3. The molecule has 10 nitrogen and oxygen atoms in total. The van der Waals surface area contributed by atoms with Gasteiger partial charge in [-0.1, -0.05) is 0 Å². The molecule has 11 heteroatoms. The van der Waals surface area contributed by atoms with Crippen molar-refractivity contribution in [3.05, 3.63) is 0 Å². The maximum absolute atomic E-state index is 10.8. The summed E-state index contributed by atoms with van der Waals surface area (Å²) in [6.07, 6.45) is 3.85. The second-order valence-electron chi connectivity index (χ2n) is 6.72. The van der Waals surface area contributed by atoms with Crippen LogP contribution in [0.4, 0.5) is 0 Å².